The third kappa shape index (κ3) is 8.22. The van der Waals surface area contributed by atoms with Crippen molar-refractivity contribution in [1.82, 2.24) is 5.32 Å². The van der Waals surface area contributed by atoms with Crippen LogP contribution in [0.1, 0.15) is 33.6 Å². The summed E-state index contributed by atoms with van der Waals surface area (Å²) in [4.78, 5) is 0. The molecule has 80 valence electrons. The molecule has 0 atom stereocenters. The Bertz CT molecular complexity index is 115. The normalized spacial score (nSPS) is 12.0. The molecule has 3 heteroatoms. The van der Waals surface area contributed by atoms with Crippen molar-refractivity contribution >= 4 is 0 Å². The van der Waals surface area contributed by atoms with Crippen LogP contribution in [-0.4, -0.2) is 37.0 Å². The van der Waals surface area contributed by atoms with Gasteiger partial charge in [-0.05, 0) is 20.3 Å². The van der Waals surface area contributed by atoms with Crippen molar-refractivity contribution in [3.05, 3.63) is 0 Å². The lowest BCUT2D eigenvalue weighted by atomic mass is 9.99. The van der Waals surface area contributed by atoms with Crippen molar-refractivity contribution in [2.24, 2.45) is 0 Å². The molecule has 0 unspecified atom stereocenters. The molecule has 0 aliphatic rings. The van der Waals surface area contributed by atoms with Gasteiger partial charge in [-0.1, -0.05) is 13.3 Å². The van der Waals surface area contributed by atoms with Crippen LogP contribution < -0.4 is 5.32 Å². The molecule has 0 aromatic carbocycles. The van der Waals surface area contributed by atoms with E-state index in [9.17, 15) is 0 Å². The summed E-state index contributed by atoms with van der Waals surface area (Å²) in [6, 6.07) is 0. The first-order valence-corrected chi connectivity index (χ1v) is 5.06. The zero-order chi connectivity index (χ0) is 10.2. The predicted octanol–water partition coefficient (Wildman–Crippen LogP) is 1.16. The Balaban J connectivity index is 3.29. The molecule has 3 nitrogen and oxygen atoms in total. The molecule has 0 bridgehead atoms. The number of aliphatic hydroxyl groups is 1. The zero-order valence-electron chi connectivity index (χ0n) is 9.10. The van der Waals surface area contributed by atoms with E-state index in [1.54, 1.807) is 0 Å². The van der Waals surface area contributed by atoms with E-state index in [-0.39, 0.29) is 12.1 Å². The van der Waals surface area contributed by atoms with Crippen LogP contribution in [0.3, 0.4) is 0 Å². The molecule has 0 radical (unpaired) electrons. The highest BCUT2D eigenvalue weighted by Gasteiger charge is 2.14. The summed E-state index contributed by atoms with van der Waals surface area (Å²) in [5.41, 5.74) is 0.206. The fraction of sp³-hybridized carbons (Fsp3) is 1.00. The lowest BCUT2D eigenvalue weighted by Gasteiger charge is -2.25. The average Bonchev–Trinajstić information content (AvgIpc) is 2.04. The molecule has 0 aromatic heterocycles. The molecule has 0 saturated carbocycles. The highest BCUT2D eigenvalue weighted by Crippen LogP contribution is 2.09. The van der Waals surface area contributed by atoms with Crippen LogP contribution in [0, 0.1) is 0 Å². The van der Waals surface area contributed by atoms with E-state index in [4.69, 9.17) is 9.84 Å². The maximum atomic E-state index is 8.46. The van der Waals surface area contributed by atoms with Gasteiger partial charge in [0, 0.05) is 12.1 Å². The first-order valence-electron chi connectivity index (χ1n) is 5.06. The first-order chi connectivity index (χ1) is 6.12. The van der Waals surface area contributed by atoms with Gasteiger partial charge in [-0.25, -0.2) is 0 Å². The van der Waals surface area contributed by atoms with E-state index in [0.717, 1.165) is 6.54 Å². The summed E-state index contributed by atoms with van der Waals surface area (Å²) in [7, 11) is 0. The molecule has 0 aliphatic carbocycles. The fourth-order valence-corrected chi connectivity index (χ4v) is 1.34. The molecule has 13 heavy (non-hydrogen) atoms. The van der Waals surface area contributed by atoms with Gasteiger partial charge < -0.3 is 15.2 Å². The Hall–Kier alpha value is -0.120. The minimum Gasteiger partial charge on any atom is -0.394 e. The van der Waals surface area contributed by atoms with Crippen molar-refractivity contribution in [3.63, 3.8) is 0 Å². The van der Waals surface area contributed by atoms with Gasteiger partial charge in [-0.15, -0.1) is 0 Å². The van der Waals surface area contributed by atoms with Gasteiger partial charge in [-0.2, -0.15) is 0 Å². The third-order valence-electron chi connectivity index (χ3n) is 1.96. The number of nitrogens with one attached hydrogen (secondary N) is 1. The van der Waals surface area contributed by atoms with Crippen LogP contribution in [0.15, 0.2) is 0 Å². The topological polar surface area (TPSA) is 41.5 Å². The largest absolute Gasteiger partial charge is 0.394 e. The molecule has 0 spiro atoms. The minimum atomic E-state index is 0.109. The average molecular weight is 189 g/mol. The molecule has 0 aromatic rings. The molecular weight excluding hydrogens is 166 g/mol. The van der Waals surface area contributed by atoms with E-state index in [0.29, 0.717) is 13.2 Å². The number of aliphatic hydroxyl groups excluding tert-OH is 1. The van der Waals surface area contributed by atoms with Gasteiger partial charge in [0.05, 0.1) is 19.8 Å². The van der Waals surface area contributed by atoms with Crippen LogP contribution in [0.25, 0.3) is 0 Å². The van der Waals surface area contributed by atoms with Crippen LogP contribution in [0.4, 0.5) is 0 Å². The van der Waals surface area contributed by atoms with E-state index in [2.05, 4.69) is 26.1 Å². The highest BCUT2D eigenvalue weighted by atomic mass is 16.5. The monoisotopic (exact) mass is 189 g/mol. The van der Waals surface area contributed by atoms with Gasteiger partial charge in [0.1, 0.15) is 0 Å². The van der Waals surface area contributed by atoms with Crippen LogP contribution in [0.5, 0.6) is 0 Å². The van der Waals surface area contributed by atoms with E-state index in [1.165, 1.54) is 12.8 Å². The van der Waals surface area contributed by atoms with Gasteiger partial charge >= 0.3 is 0 Å². The molecular formula is C10H23NO2. The van der Waals surface area contributed by atoms with Crippen LogP contribution in [-0.2, 0) is 4.74 Å². The summed E-state index contributed by atoms with van der Waals surface area (Å²) >= 11 is 0. The molecule has 0 amide bonds. The van der Waals surface area contributed by atoms with Crippen LogP contribution in [0.2, 0.25) is 0 Å². The molecule has 0 rings (SSSR count). The maximum absolute atomic E-state index is 8.46. The molecule has 0 heterocycles. The minimum absolute atomic E-state index is 0.109. The third-order valence-corrected chi connectivity index (χ3v) is 1.96. The van der Waals surface area contributed by atoms with Crippen LogP contribution >= 0.6 is 0 Å². The van der Waals surface area contributed by atoms with Crippen molar-refractivity contribution < 1.29 is 9.84 Å². The first kappa shape index (κ1) is 12.9. The second-order valence-corrected chi connectivity index (χ2v) is 3.90. The molecule has 0 saturated heterocycles. The van der Waals surface area contributed by atoms with Crippen molar-refractivity contribution in [2.75, 3.05) is 26.4 Å². The standard InChI is InChI=1S/C10H23NO2/c1-4-5-10(2,3)11-6-8-13-9-7-12/h11-12H,4-9H2,1-3H3. The predicted molar refractivity (Wildman–Crippen MR) is 54.9 cm³/mol. The number of rotatable bonds is 8. The number of hydrogen-bond donors (Lipinski definition) is 2. The van der Waals surface area contributed by atoms with Gasteiger partial charge in [-0.3, -0.25) is 0 Å². The quantitative estimate of drug-likeness (QED) is 0.563. The number of hydrogen-bond acceptors (Lipinski definition) is 3. The Morgan fingerprint density at radius 1 is 1.31 bits per heavy atom. The van der Waals surface area contributed by atoms with E-state index >= 15 is 0 Å². The van der Waals surface area contributed by atoms with Gasteiger partial charge in [0.2, 0.25) is 0 Å². The highest BCUT2D eigenvalue weighted by molar-refractivity contribution is 4.75. The smallest absolute Gasteiger partial charge is 0.0698 e. The Morgan fingerprint density at radius 2 is 2.00 bits per heavy atom. The van der Waals surface area contributed by atoms with E-state index in [1.807, 2.05) is 0 Å². The Morgan fingerprint density at radius 3 is 2.54 bits per heavy atom. The molecule has 2 N–H and O–H groups in total. The van der Waals surface area contributed by atoms with Gasteiger partial charge in [0.25, 0.3) is 0 Å². The lowest BCUT2D eigenvalue weighted by molar-refractivity contribution is 0.0900. The zero-order valence-corrected chi connectivity index (χ0v) is 9.10. The second kappa shape index (κ2) is 7.30. The van der Waals surface area contributed by atoms with Gasteiger partial charge in [0.15, 0.2) is 0 Å². The number of ether oxygens (including phenoxy) is 1. The summed E-state index contributed by atoms with van der Waals surface area (Å²) in [5.74, 6) is 0. The summed E-state index contributed by atoms with van der Waals surface area (Å²) in [6.45, 7) is 8.66. The molecule has 0 aliphatic heterocycles. The Kier molecular flexibility index (Phi) is 7.23. The van der Waals surface area contributed by atoms with Crippen molar-refractivity contribution in [2.45, 2.75) is 39.2 Å². The summed E-state index contributed by atoms with van der Waals surface area (Å²) < 4.78 is 5.14. The SMILES string of the molecule is CCCC(C)(C)NCCOCCO. The fourth-order valence-electron chi connectivity index (χ4n) is 1.34. The Labute approximate surface area is 81.5 Å². The van der Waals surface area contributed by atoms with Crippen molar-refractivity contribution in [1.29, 1.82) is 0 Å². The molecule has 0 fully saturated rings. The maximum Gasteiger partial charge on any atom is 0.0698 e. The van der Waals surface area contributed by atoms with E-state index < -0.39 is 0 Å². The summed E-state index contributed by atoms with van der Waals surface area (Å²) in [6.07, 6.45) is 2.37. The second-order valence-electron chi connectivity index (χ2n) is 3.90. The summed E-state index contributed by atoms with van der Waals surface area (Å²) in [5, 5.41) is 11.9. The lowest BCUT2D eigenvalue weighted by Crippen LogP contribution is -2.40. The van der Waals surface area contributed by atoms with Crippen molar-refractivity contribution in [3.8, 4) is 0 Å².